The lowest BCUT2D eigenvalue weighted by atomic mass is 9.73. The Balaban J connectivity index is 1.28. The van der Waals surface area contributed by atoms with Crippen molar-refractivity contribution in [3.8, 4) is 0 Å². The Kier molecular flexibility index (Phi) is 4.25. The molecule has 2 amide bonds. The molecule has 5 rings (SSSR count). The van der Waals surface area contributed by atoms with Gasteiger partial charge in [-0.1, -0.05) is 24.3 Å². The van der Waals surface area contributed by atoms with Crippen LogP contribution in [0.3, 0.4) is 0 Å². The molecule has 0 aromatic heterocycles. The van der Waals surface area contributed by atoms with Gasteiger partial charge in [-0.2, -0.15) is 0 Å². The van der Waals surface area contributed by atoms with Crippen LogP contribution in [0.5, 0.6) is 0 Å². The molecule has 1 spiro atoms. The normalized spacial score (nSPS) is 26.1. The van der Waals surface area contributed by atoms with Crippen molar-refractivity contribution in [3.05, 3.63) is 35.4 Å². The number of piperidine rings is 1. The summed E-state index contributed by atoms with van der Waals surface area (Å²) in [5.74, 6) is 1.56. The fourth-order valence-electron chi connectivity index (χ4n) is 5.30. The van der Waals surface area contributed by atoms with Gasteiger partial charge in [0.25, 0.3) is 0 Å². The zero-order valence-corrected chi connectivity index (χ0v) is 16.1. The van der Waals surface area contributed by atoms with E-state index in [0.29, 0.717) is 30.2 Å². The van der Waals surface area contributed by atoms with E-state index in [1.54, 1.807) is 0 Å². The van der Waals surface area contributed by atoms with Gasteiger partial charge >= 0.3 is 0 Å². The van der Waals surface area contributed by atoms with E-state index in [-0.39, 0.29) is 11.3 Å². The number of rotatable bonds is 5. The highest BCUT2D eigenvalue weighted by Crippen LogP contribution is 2.52. The fraction of sp³-hybridized carbons (Fsp3) is 0.652. The molecule has 0 bridgehead atoms. The van der Waals surface area contributed by atoms with Crippen molar-refractivity contribution in [2.45, 2.75) is 75.2 Å². The summed E-state index contributed by atoms with van der Waals surface area (Å²) in [6.45, 7) is 1.75. The molecule has 1 atom stereocenters. The predicted molar refractivity (Wildman–Crippen MR) is 104 cm³/mol. The summed E-state index contributed by atoms with van der Waals surface area (Å²) >= 11 is 0. The Morgan fingerprint density at radius 2 is 1.78 bits per heavy atom. The van der Waals surface area contributed by atoms with Crippen LogP contribution < -0.4 is 5.32 Å². The van der Waals surface area contributed by atoms with E-state index in [2.05, 4.69) is 34.5 Å². The van der Waals surface area contributed by atoms with E-state index in [0.717, 1.165) is 51.6 Å². The summed E-state index contributed by atoms with van der Waals surface area (Å²) in [5.41, 5.74) is 2.99. The predicted octanol–water partition coefficient (Wildman–Crippen LogP) is 3.50. The van der Waals surface area contributed by atoms with Crippen molar-refractivity contribution in [3.63, 3.8) is 0 Å². The summed E-state index contributed by atoms with van der Waals surface area (Å²) < 4.78 is 0. The average Bonchev–Trinajstić information content (AvgIpc) is 3.59. The summed E-state index contributed by atoms with van der Waals surface area (Å²) in [5, 5.41) is 3.16. The minimum absolute atomic E-state index is 0.164. The van der Waals surface area contributed by atoms with E-state index >= 15 is 0 Å². The van der Waals surface area contributed by atoms with Gasteiger partial charge in [-0.25, -0.2) is 0 Å². The first kappa shape index (κ1) is 17.3. The molecule has 0 radical (unpaired) electrons. The molecule has 144 valence electrons. The third-order valence-corrected chi connectivity index (χ3v) is 7.22. The zero-order chi connectivity index (χ0) is 18.4. The fourth-order valence-corrected chi connectivity index (χ4v) is 5.30. The number of nitrogens with one attached hydrogen (secondary N) is 1. The molecule has 1 heterocycles. The number of carbonyl (C=O) groups is 2. The Morgan fingerprint density at radius 1 is 1.04 bits per heavy atom. The highest BCUT2D eigenvalue weighted by molar-refractivity contribution is 5.78. The van der Waals surface area contributed by atoms with Crippen molar-refractivity contribution in [1.82, 2.24) is 10.2 Å². The topological polar surface area (TPSA) is 49.4 Å². The highest BCUT2D eigenvalue weighted by atomic mass is 16.2. The maximum Gasteiger partial charge on any atom is 0.222 e. The number of benzene rings is 1. The molecule has 4 heteroatoms. The third kappa shape index (κ3) is 3.51. The van der Waals surface area contributed by atoms with E-state index in [1.807, 2.05) is 0 Å². The molecule has 1 N–H and O–H groups in total. The lowest BCUT2D eigenvalue weighted by Crippen LogP contribution is -2.44. The largest absolute Gasteiger partial charge is 0.353 e. The van der Waals surface area contributed by atoms with Crippen LogP contribution in [0.2, 0.25) is 0 Å². The summed E-state index contributed by atoms with van der Waals surface area (Å²) in [6.07, 6.45) is 9.27. The van der Waals surface area contributed by atoms with Gasteiger partial charge in [-0.3, -0.25) is 9.59 Å². The number of nitrogens with zero attached hydrogens (tertiary/aromatic N) is 1. The number of carbonyl (C=O) groups excluding carboxylic acids is 2. The van der Waals surface area contributed by atoms with Gasteiger partial charge in [-0.15, -0.1) is 0 Å². The Morgan fingerprint density at radius 3 is 2.48 bits per heavy atom. The summed E-state index contributed by atoms with van der Waals surface area (Å²) in [4.78, 5) is 27.0. The van der Waals surface area contributed by atoms with Gasteiger partial charge in [0, 0.05) is 32.0 Å². The quantitative estimate of drug-likeness (QED) is 0.867. The molecule has 4 aliphatic rings. The summed E-state index contributed by atoms with van der Waals surface area (Å²) in [7, 11) is 0. The minimum atomic E-state index is 0.164. The second-order valence-electron chi connectivity index (χ2n) is 9.34. The first-order valence-electron chi connectivity index (χ1n) is 10.8. The van der Waals surface area contributed by atoms with Crippen LogP contribution in [0.25, 0.3) is 0 Å². The van der Waals surface area contributed by atoms with E-state index in [9.17, 15) is 9.59 Å². The van der Waals surface area contributed by atoms with Crippen molar-refractivity contribution in [2.75, 3.05) is 13.1 Å². The van der Waals surface area contributed by atoms with Gasteiger partial charge in [0.15, 0.2) is 0 Å². The molecule has 1 aromatic rings. The number of hydrogen-bond acceptors (Lipinski definition) is 2. The van der Waals surface area contributed by atoms with Crippen molar-refractivity contribution in [1.29, 1.82) is 0 Å². The van der Waals surface area contributed by atoms with Gasteiger partial charge in [0.05, 0.1) is 0 Å². The number of likely N-dealkylation sites (tertiary alicyclic amines) is 1. The zero-order valence-electron chi connectivity index (χ0n) is 16.1. The molecular formula is C23H30N2O2. The lowest BCUT2D eigenvalue weighted by Gasteiger charge is -2.40. The van der Waals surface area contributed by atoms with Gasteiger partial charge in [-0.05, 0) is 73.3 Å². The number of amides is 2. The van der Waals surface area contributed by atoms with Gasteiger partial charge in [0.2, 0.25) is 11.8 Å². The van der Waals surface area contributed by atoms with Crippen LogP contribution in [0, 0.1) is 5.92 Å². The van der Waals surface area contributed by atoms with Gasteiger partial charge in [0.1, 0.15) is 0 Å². The SMILES string of the molecule is O=C(CC1CC2(CCN(C(=O)CC3CC3)CC2)c2ccccc21)NC1CC1. The monoisotopic (exact) mass is 366 g/mol. The van der Waals surface area contributed by atoms with Crippen molar-refractivity contribution >= 4 is 11.8 Å². The van der Waals surface area contributed by atoms with Crippen LogP contribution in [0.1, 0.15) is 74.8 Å². The Hall–Kier alpha value is -1.84. The second kappa shape index (κ2) is 6.65. The van der Waals surface area contributed by atoms with Crippen molar-refractivity contribution in [2.24, 2.45) is 5.92 Å². The maximum absolute atomic E-state index is 12.5. The minimum Gasteiger partial charge on any atom is -0.353 e. The summed E-state index contributed by atoms with van der Waals surface area (Å²) in [6, 6.07) is 9.18. The molecule has 1 aliphatic heterocycles. The van der Waals surface area contributed by atoms with Crippen LogP contribution in [0.15, 0.2) is 24.3 Å². The molecular weight excluding hydrogens is 336 g/mol. The molecule has 4 nitrogen and oxygen atoms in total. The van der Waals surface area contributed by atoms with Crippen LogP contribution in [0.4, 0.5) is 0 Å². The van der Waals surface area contributed by atoms with Crippen LogP contribution in [-0.4, -0.2) is 35.8 Å². The highest BCUT2D eigenvalue weighted by Gasteiger charge is 2.46. The van der Waals surface area contributed by atoms with E-state index in [4.69, 9.17) is 0 Å². The average molecular weight is 367 g/mol. The molecule has 1 saturated heterocycles. The van der Waals surface area contributed by atoms with E-state index in [1.165, 1.54) is 24.0 Å². The molecule has 1 unspecified atom stereocenters. The Labute approximate surface area is 161 Å². The standard InChI is InChI=1S/C23H30N2O2/c26-21(24-18-7-8-18)14-17-15-23(20-4-2-1-3-19(17)20)9-11-25(12-10-23)22(27)13-16-5-6-16/h1-4,16-18H,5-15H2,(H,24,26). The molecule has 2 saturated carbocycles. The Bertz CT molecular complexity index is 743. The third-order valence-electron chi connectivity index (χ3n) is 7.22. The maximum atomic E-state index is 12.5. The van der Waals surface area contributed by atoms with Crippen LogP contribution >= 0.6 is 0 Å². The molecule has 3 fully saturated rings. The first-order valence-corrected chi connectivity index (χ1v) is 10.8. The molecule has 1 aromatic carbocycles. The van der Waals surface area contributed by atoms with Gasteiger partial charge < -0.3 is 10.2 Å². The molecule has 3 aliphatic carbocycles. The first-order chi connectivity index (χ1) is 13.1. The smallest absolute Gasteiger partial charge is 0.222 e. The molecule has 27 heavy (non-hydrogen) atoms. The van der Waals surface area contributed by atoms with Crippen LogP contribution in [-0.2, 0) is 15.0 Å². The number of fused-ring (bicyclic) bond motifs is 2. The van der Waals surface area contributed by atoms with Crippen molar-refractivity contribution < 1.29 is 9.59 Å². The van der Waals surface area contributed by atoms with E-state index < -0.39 is 0 Å². The second-order valence-corrected chi connectivity index (χ2v) is 9.34. The lowest BCUT2D eigenvalue weighted by molar-refractivity contribution is -0.133. The number of hydrogen-bond donors (Lipinski definition) is 1.